The summed E-state index contributed by atoms with van der Waals surface area (Å²) >= 11 is 3.30. The Bertz CT molecular complexity index is 487. The average Bonchev–Trinajstić information content (AvgIpc) is 2.76. The molecule has 3 heteroatoms. The van der Waals surface area contributed by atoms with Gasteiger partial charge < -0.3 is 9.73 Å². The first-order chi connectivity index (χ1) is 8.65. The topological polar surface area (TPSA) is 25.2 Å². The van der Waals surface area contributed by atoms with Gasteiger partial charge in [-0.25, -0.2) is 0 Å². The van der Waals surface area contributed by atoms with Gasteiger partial charge in [-0.1, -0.05) is 38.1 Å². The number of hydrogen-bond acceptors (Lipinski definition) is 2. The van der Waals surface area contributed by atoms with Crippen LogP contribution in [0.2, 0.25) is 0 Å². The van der Waals surface area contributed by atoms with E-state index in [9.17, 15) is 0 Å². The smallest absolute Gasteiger partial charge is 0.169 e. The summed E-state index contributed by atoms with van der Waals surface area (Å²) in [5.74, 6) is 1.54. The Morgan fingerprint density at radius 2 is 1.78 bits per heavy atom. The fourth-order valence-electron chi connectivity index (χ4n) is 1.80. The maximum atomic E-state index is 5.43. The van der Waals surface area contributed by atoms with Crippen LogP contribution in [0, 0.1) is 0 Å². The molecule has 1 heterocycles. The molecule has 0 radical (unpaired) electrons. The van der Waals surface area contributed by atoms with Gasteiger partial charge in [0, 0.05) is 6.54 Å². The lowest BCUT2D eigenvalue weighted by Gasteiger charge is -2.07. The molecule has 1 aromatic heterocycles. The highest BCUT2D eigenvalue weighted by molar-refractivity contribution is 9.10. The van der Waals surface area contributed by atoms with Gasteiger partial charge in [0.05, 0.1) is 6.54 Å². The van der Waals surface area contributed by atoms with Crippen molar-refractivity contribution in [1.29, 1.82) is 0 Å². The van der Waals surface area contributed by atoms with Gasteiger partial charge in [-0.2, -0.15) is 0 Å². The highest BCUT2D eigenvalue weighted by Crippen LogP contribution is 2.15. The molecule has 0 bridgehead atoms. The van der Waals surface area contributed by atoms with Crippen LogP contribution in [-0.2, 0) is 13.1 Å². The second-order valence-electron chi connectivity index (χ2n) is 4.71. The lowest BCUT2D eigenvalue weighted by atomic mass is 10.0. The van der Waals surface area contributed by atoms with E-state index in [1.54, 1.807) is 0 Å². The summed E-state index contributed by atoms with van der Waals surface area (Å²) < 4.78 is 6.20. The number of halogens is 1. The molecule has 0 saturated carbocycles. The number of nitrogens with one attached hydrogen (secondary N) is 1. The van der Waals surface area contributed by atoms with Crippen molar-refractivity contribution >= 4 is 15.9 Å². The van der Waals surface area contributed by atoms with E-state index < -0.39 is 0 Å². The third kappa shape index (κ3) is 3.72. The van der Waals surface area contributed by atoms with Crippen molar-refractivity contribution in [2.75, 3.05) is 0 Å². The van der Waals surface area contributed by atoms with Gasteiger partial charge in [0.25, 0.3) is 0 Å². The van der Waals surface area contributed by atoms with E-state index in [4.69, 9.17) is 4.42 Å². The third-order valence-corrected chi connectivity index (χ3v) is 3.33. The average molecular weight is 308 g/mol. The van der Waals surface area contributed by atoms with Crippen LogP contribution >= 0.6 is 15.9 Å². The summed E-state index contributed by atoms with van der Waals surface area (Å²) in [6, 6.07) is 12.6. The Morgan fingerprint density at radius 3 is 2.33 bits per heavy atom. The van der Waals surface area contributed by atoms with E-state index >= 15 is 0 Å². The summed E-state index contributed by atoms with van der Waals surface area (Å²) in [6.07, 6.45) is 0. The van der Waals surface area contributed by atoms with Crippen LogP contribution in [0.4, 0.5) is 0 Å². The van der Waals surface area contributed by atoms with Crippen LogP contribution in [0.1, 0.15) is 36.7 Å². The first-order valence-electron chi connectivity index (χ1n) is 6.19. The van der Waals surface area contributed by atoms with Crippen molar-refractivity contribution in [1.82, 2.24) is 5.32 Å². The van der Waals surface area contributed by atoms with Crippen LogP contribution in [0.25, 0.3) is 0 Å². The molecule has 2 rings (SSSR count). The number of furan rings is 1. The SMILES string of the molecule is CC(C)c1ccc(CNCc2ccc(Br)o2)cc1. The Morgan fingerprint density at radius 1 is 1.06 bits per heavy atom. The summed E-state index contributed by atoms with van der Waals surface area (Å²) in [5, 5.41) is 3.37. The fourth-order valence-corrected chi connectivity index (χ4v) is 2.14. The van der Waals surface area contributed by atoms with Gasteiger partial charge in [0.15, 0.2) is 4.67 Å². The molecule has 2 aromatic rings. The first kappa shape index (κ1) is 13.4. The monoisotopic (exact) mass is 307 g/mol. The second-order valence-corrected chi connectivity index (χ2v) is 5.49. The Hall–Kier alpha value is -1.06. The predicted molar refractivity (Wildman–Crippen MR) is 77.5 cm³/mol. The Labute approximate surface area is 117 Å². The normalized spacial score (nSPS) is 11.1. The van der Waals surface area contributed by atoms with Crippen LogP contribution in [-0.4, -0.2) is 0 Å². The summed E-state index contributed by atoms with van der Waals surface area (Å²) in [5.41, 5.74) is 2.68. The largest absolute Gasteiger partial charge is 0.453 e. The minimum Gasteiger partial charge on any atom is -0.453 e. The molecule has 1 N–H and O–H groups in total. The summed E-state index contributed by atoms with van der Waals surface area (Å²) in [4.78, 5) is 0. The van der Waals surface area contributed by atoms with Crippen LogP contribution in [0.5, 0.6) is 0 Å². The van der Waals surface area contributed by atoms with Crippen molar-refractivity contribution in [2.45, 2.75) is 32.9 Å². The highest BCUT2D eigenvalue weighted by Gasteiger charge is 2.01. The number of hydrogen-bond donors (Lipinski definition) is 1. The molecule has 0 aliphatic rings. The molecule has 0 saturated heterocycles. The molecule has 18 heavy (non-hydrogen) atoms. The van der Waals surface area contributed by atoms with E-state index in [1.807, 2.05) is 12.1 Å². The minimum atomic E-state index is 0.590. The maximum absolute atomic E-state index is 5.43. The Balaban J connectivity index is 1.83. The van der Waals surface area contributed by atoms with Gasteiger partial charge in [0.1, 0.15) is 5.76 Å². The van der Waals surface area contributed by atoms with E-state index in [-0.39, 0.29) is 0 Å². The van der Waals surface area contributed by atoms with E-state index in [2.05, 4.69) is 59.4 Å². The molecule has 2 nitrogen and oxygen atoms in total. The van der Waals surface area contributed by atoms with Crippen molar-refractivity contribution in [3.8, 4) is 0 Å². The van der Waals surface area contributed by atoms with Gasteiger partial charge >= 0.3 is 0 Å². The summed E-state index contributed by atoms with van der Waals surface area (Å²) in [6.45, 7) is 6.03. The van der Waals surface area contributed by atoms with Crippen molar-refractivity contribution < 1.29 is 4.42 Å². The maximum Gasteiger partial charge on any atom is 0.169 e. The second kappa shape index (κ2) is 6.21. The predicted octanol–water partition coefficient (Wildman–Crippen LogP) is 4.46. The number of benzene rings is 1. The van der Waals surface area contributed by atoms with Crippen LogP contribution < -0.4 is 5.32 Å². The van der Waals surface area contributed by atoms with E-state index in [0.717, 1.165) is 23.5 Å². The van der Waals surface area contributed by atoms with Gasteiger partial charge in [-0.15, -0.1) is 0 Å². The van der Waals surface area contributed by atoms with Gasteiger partial charge in [-0.3, -0.25) is 0 Å². The molecule has 0 aliphatic heterocycles. The van der Waals surface area contributed by atoms with Gasteiger partial charge in [-0.05, 0) is 45.1 Å². The van der Waals surface area contributed by atoms with Crippen molar-refractivity contribution in [3.05, 3.63) is 58.0 Å². The Kier molecular flexibility index (Phi) is 4.61. The lowest BCUT2D eigenvalue weighted by molar-refractivity contribution is 0.465. The van der Waals surface area contributed by atoms with Gasteiger partial charge in [0.2, 0.25) is 0 Å². The minimum absolute atomic E-state index is 0.590. The van der Waals surface area contributed by atoms with Crippen molar-refractivity contribution in [3.63, 3.8) is 0 Å². The molecule has 0 unspecified atom stereocenters. The molecule has 0 amide bonds. The third-order valence-electron chi connectivity index (χ3n) is 2.90. The molecule has 0 atom stereocenters. The molecule has 0 spiro atoms. The van der Waals surface area contributed by atoms with E-state index in [0.29, 0.717) is 5.92 Å². The fraction of sp³-hybridized carbons (Fsp3) is 0.333. The molecule has 96 valence electrons. The standard InChI is InChI=1S/C15H18BrNO/c1-11(2)13-5-3-12(4-6-13)9-17-10-14-7-8-15(16)18-14/h3-8,11,17H,9-10H2,1-2H3. The molecular weight excluding hydrogens is 290 g/mol. The lowest BCUT2D eigenvalue weighted by Crippen LogP contribution is -2.12. The highest BCUT2D eigenvalue weighted by atomic mass is 79.9. The quantitative estimate of drug-likeness (QED) is 0.882. The molecular formula is C15H18BrNO. The number of rotatable bonds is 5. The zero-order valence-electron chi connectivity index (χ0n) is 10.7. The summed E-state index contributed by atoms with van der Waals surface area (Å²) in [7, 11) is 0. The zero-order chi connectivity index (χ0) is 13.0. The van der Waals surface area contributed by atoms with Crippen molar-refractivity contribution in [2.24, 2.45) is 0 Å². The van der Waals surface area contributed by atoms with Crippen LogP contribution in [0.15, 0.2) is 45.5 Å². The molecule has 0 fully saturated rings. The van der Waals surface area contributed by atoms with Crippen LogP contribution in [0.3, 0.4) is 0 Å². The van der Waals surface area contributed by atoms with E-state index in [1.165, 1.54) is 11.1 Å². The zero-order valence-corrected chi connectivity index (χ0v) is 12.3. The molecule has 1 aromatic carbocycles. The first-order valence-corrected chi connectivity index (χ1v) is 6.98. The molecule has 0 aliphatic carbocycles.